The van der Waals surface area contributed by atoms with Gasteiger partial charge in [-0.25, -0.2) is 0 Å². The van der Waals surface area contributed by atoms with Crippen molar-refractivity contribution in [2.45, 2.75) is 48.1 Å². The van der Waals surface area contributed by atoms with Crippen LogP contribution >= 0.6 is 35.3 Å². The average molecular weight is 394 g/mol. The number of nitrogens with zero attached hydrogens (tertiary/aromatic N) is 3. The summed E-state index contributed by atoms with van der Waals surface area (Å²) < 4.78 is 0. The first-order valence-electron chi connectivity index (χ1n) is 7.59. The number of aromatic nitrogens is 3. The standard InChI is InChI=1S/C17H19N3O2S3/c1-10-5-6-14(11(2)7-10)25-17-19-15(23-8-12(3)21)18-16(20-17)24-9-13(4)22/h5-7H,8-9H2,1-4H3. The van der Waals surface area contributed by atoms with Gasteiger partial charge in [-0.05, 0) is 51.1 Å². The smallest absolute Gasteiger partial charge is 0.197 e. The molecule has 2 aromatic rings. The van der Waals surface area contributed by atoms with Crippen molar-refractivity contribution >= 4 is 46.9 Å². The predicted molar refractivity (Wildman–Crippen MR) is 103 cm³/mol. The van der Waals surface area contributed by atoms with E-state index < -0.39 is 0 Å². The lowest BCUT2D eigenvalue weighted by Crippen LogP contribution is -2.02. The first-order chi connectivity index (χ1) is 11.8. The van der Waals surface area contributed by atoms with E-state index in [-0.39, 0.29) is 11.6 Å². The number of ketones is 2. The zero-order chi connectivity index (χ0) is 18.4. The second-order valence-corrected chi connectivity index (χ2v) is 8.43. The van der Waals surface area contributed by atoms with E-state index in [4.69, 9.17) is 0 Å². The van der Waals surface area contributed by atoms with Crippen LogP contribution in [0.25, 0.3) is 0 Å². The van der Waals surface area contributed by atoms with Crippen molar-refractivity contribution < 1.29 is 9.59 Å². The number of rotatable bonds is 8. The maximum Gasteiger partial charge on any atom is 0.197 e. The van der Waals surface area contributed by atoms with Gasteiger partial charge in [-0.3, -0.25) is 9.59 Å². The van der Waals surface area contributed by atoms with Gasteiger partial charge in [-0.2, -0.15) is 15.0 Å². The Hall–Kier alpha value is -1.38. The van der Waals surface area contributed by atoms with Crippen molar-refractivity contribution in [2.24, 2.45) is 0 Å². The van der Waals surface area contributed by atoms with Crippen molar-refractivity contribution in [2.75, 3.05) is 11.5 Å². The van der Waals surface area contributed by atoms with Crippen LogP contribution in [0, 0.1) is 13.8 Å². The molecule has 0 unspecified atom stereocenters. The minimum atomic E-state index is 0.0620. The average Bonchev–Trinajstić information content (AvgIpc) is 2.53. The molecule has 0 radical (unpaired) electrons. The third-order valence-corrected chi connectivity index (χ3v) is 5.94. The number of carbonyl (C=O) groups excluding carboxylic acids is 2. The van der Waals surface area contributed by atoms with E-state index in [9.17, 15) is 9.59 Å². The third-order valence-electron chi connectivity index (χ3n) is 2.91. The molecule has 0 amide bonds. The molecule has 1 aromatic heterocycles. The number of Topliss-reactive ketones (excluding diaryl/α,β-unsaturated/α-hetero) is 2. The molecule has 0 fully saturated rings. The minimum Gasteiger partial charge on any atom is -0.299 e. The Morgan fingerprint density at radius 1 is 0.880 bits per heavy atom. The summed E-state index contributed by atoms with van der Waals surface area (Å²) in [6, 6.07) is 6.21. The predicted octanol–water partition coefficient (Wildman–Crippen LogP) is 4.00. The fourth-order valence-corrected chi connectivity index (χ4v) is 4.10. The molecule has 25 heavy (non-hydrogen) atoms. The van der Waals surface area contributed by atoms with E-state index in [0.717, 1.165) is 10.5 Å². The summed E-state index contributed by atoms with van der Waals surface area (Å²) in [6.45, 7) is 7.17. The molecule has 1 aromatic carbocycles. The van der Waals surface area contributed by atoms with Gasteiger partial charge in [0.1, 0.15) is 11.6 Å². The van der Waals surface area contributed by atoms with E-state index in [1.54, 1.807) is 0 Å². The third kappa shape index (κ3) is 6.80. The zero-order valence-electron chi connectivity index (χ0n) is 14.5. The van der Waals surface area contributed by atoms with E-state index >= 15 is 0 Å². The molecule has 0 aliphatic carbocycles. The van der Waals surface area contributed by atoms with Crippen LogP contribution in [-0.4, -0.2) is 38.0 Å². The fourth-order valence-electron chi connectivity index (χ4n) is 1.84. The summed E-state index contributed by atoms with van der Waals surface area (Å²) in [5.41, 5.74) is 2.36. The highest BCUT2D eigenvalue weighted by molar-refractivity contribution is 8.00. The van der Waals surface area contributed by atoms with Gasteiger partial charge in [0.05, 0.1) is 11.5 Å². The van der Waals surface area contributed by atoms with Gasteiger partial charge in [-0.1, -0.05) is 41.2 Å². The van der Waals surface area contributed by atoms with Crippen LogP contribution in [0.2, 0.25) is 0 Å². The Bertz CT molecular complexity index is 760. The number of aryl methyl sites for hydroxylation is 2. The fraction of sp³-hybridized carbons (Fsp3) is 0.353. The van der Waals surface area contributed by atoms with Crippen molar-refractivity contribution in [3.05, 3.63) is 29.3 Å². The number of hydrogen-bond acceptors (Lipinski definition) is 8. The molecule has 0 aliphatic heterocycles. The molecule has 0 spiro atoms. The first kappa shape index (κ1) is 19.9. The number of carbonyl (C=O) groups is 2. The van der Waals surface area contributed by atoms with E-state index in [1.165, 1.54) is 54.7 Å². The molecular formula is C17H19N3O2S3. The van der Waals surface area contributed by atoms with Crippen molar-refractivity contribution in [1.82, 2.24) is 15.0 Å². The topological polar surface area (TPSA) is 72.8 Å². The second-order valence-electron chi connectivity index (χ2n) is 5.54. The van der Waals surface area contributed by atoms with Gasteiger partial charge in [-0.15, -0.1) is 0 Å². The summed E-state index contributed by atoms with van der Waals surface area (Å²) in [4.78, 5) is 36.7. The summed E-state index contributed by atoms with van der Waals surface area (Å²) in [7, 11) is 0. The van der Waals surface area contributed by atoms with Crippen LogP contribution in [0.15, 0.2) is 38.6 Å². The Morgan fingerprint density at radius 3 is 1.88 bits per heavy atom. The van der Waals surface area contributed by atoms with Gasteiger partial charge in [0, 0.05) is 4.90 Å². The highest BCUT2D eigenvalue weighted by atomic mass is 32.2. The first-order valence-corrected chi connectivity index (χ1v) is 10.4. The van der Waals surface area contributed by atoms with Crippen LogP contribution in [-0.2, 0) is 9.59 Å². The minimum absolute atomic E-state index is 0.0620. The lowest BCUT2D eigenvalue weighted by atomic mass is 10.2. The van der Waals surface area contributed by atoms with Gasteiger partial charge >= 0.3 is 0 Å². The molecule has 0 bridgehead atoms. The van der Waals surface area contributed by atoms with Crippen LogP contribution in [0.4, 0.5) is 0 Å². The molecule has 5 nitrogen and oxygen atoms in total. The second kappa shape index (κ2) is 9.35. The van der Waals surface area contributed by atoms with Gasteiger partial charge in [0.25, 0.3) is 0 Å². The quantitative estimate of drug-likeness (QED) is 0.623. The maximum atomic E-state index is 11.2. The molecule has 0 atom stereocenters. The normalized spacial score (nSPS) is 10.7. The Labute approximate surface area is 160 Å². The molecule has 2 rings (SSSR count). The SMILES string of the molecule is CC(=O)CSc1nc(SCC(C)=O)nc(Sc2ccc(C)cc2C)n1. The Morgan fingerprint density at radius 2 is 1.40 bits per heavy atom. The molecule has 0 N–H and O–H groups in total. The van der Waals surface area contributed by atoms with Gasteiger partial charge in [0.2, 0.25) is 0 Å². The monoisotopic (exact) mass is 393 g/mol. The number of benzene rings is 1. The molecule has 0 saturated heterocycles. The molecule has 0 aliphatic rings. The Kier molecular flexibility index (Phi) is 7.46. The van der Waals surface area contributed by atoms with E-state index in [1.807, 2.05) is 19.1 Å². The lowest BCUT2D eigenvalue weighted by Gasteiger charge is -2.08. The summed E-state index contributed by atoms with van der Waals surface area (Å²) in [5.74, 6) is 0.752. The van der Waals surface area contributed by atoms with Crippen LogP contribution < -0.4 is 0 Å². The van der Waals surface area contributed by atoms with Crippen LogP contribution in [0.1, 0.15) is 25.0 Å². The number of hydrogen-bond donors (Lipinski definition) is 0. The lowest BCUT2D eigenvalue weighted by molar-refractivity contribution is -0.115. The molecule has 8 heteroatoms. The van der Waals surface area contributed by atoms with E-state index in [2.05, 4.69) is 27.9 Å². The summed E-state index contributed by atoms with van der Waals surface area (Å²) in [6.07, 6.45) is 0. The Balaban J connectivity index is 2.27. The maximum absolute atomic E-state index is 11.2. The highest BCUT2D eigenvalue weighted by Crippen LogP contribution is 2.30. The summed E-state index contributed by atoms with van der Waals surface area (Å²) in [5, 5.41) is 1.58. The van der Waals surface area contributed by atoms with Crippen LogP contribution in [0.3, 0.4) is 0 Å². The zero-order valence-corrected chi connectivity index (χ0v) is 17.0. The molecule has 1 heterocycles. The number of thioether (sulfide) groups is 2. The molecule has 0 saturated carbocycles. The van der Waals surface area contributed by atoms with Crippen molar-refractivity contribution in [1.29, 1.82) is 0 Å². The van der Waals surface area contributed by atoms with Gasteiger partial charge < -0.3 is 0 Å². The van der Waals surface area contributed by atoms with Crippen molar-refractivity contribution in [3.8, 4) is 0 Å². The van der Waals surface area contributed by atoms with E-state index in [0.29, 0.717) is 27.0 Å². The largest absolute Gasteiger partial charge is 0.299 e. The van der Waals surface area contributed by atoms with Crippen molar-refractivity contribution in [3.63, 3.8) is 0 Å². The highest BCUT2D eigenvalue weighted by Gasteiger charge is 2.12. The van der Waals surface area contributed by atoms with Gasteiger partial charge in [0.15, 0.2) is 15.5 Å². The molecular weight excluding hydrogens is 374 g/mol. The molecule has 132 valence electrons. The summed E-state index contributed by atoms with van der Waals surface area (Å²) >= 11 is 4.03. The van der Waals surface area contributed by atoms with Crippen LogP contribution in [0.5, 0.6) is 0 Å².